The lowest BCUT2D eigenvalue weighted by molar-refractivity contribution is -0.121. The molecule has 0 bridgehead atoms. The van der Waals surface area contributed by atoms with Crippen LogP contribution in [-0.2, 0) is 9.59 Å². The van der Waals surface area contributed by atoms with Gasteiger partial charge in [0.1, 0.15) is 0 Å². The monoisotopic (exact) mass is 379 g/mol. The second-order valence-electron chi connectivity index (χ2n) is 5.67. The maximum Gasteiger partial charge on any atom is 0.226 e. The Kier molecular flexibility index (Phi) is 6.06. The molecule has 2 aromatic carbocycles. The first kappa shape index (κ1) is 18.5. The first-order valence-corrected chi connectivity index (χ1v) is 9.19. The number of nitrogens with zero attached hydrogens (tertiary/aromatic N) is 1. The van der Waals surface area contributed by atoms with E-state index in [0.29, 0.717) is 21.9 Å². The lowest BCUT2D eigenvalue weighted by Crippen LogP contribution is -2.18. The van der Waals surface area contributed by atoms with Crippen LogP contribution >= 0.6 is 11.3 Å². The van der Waals surface area contributed by atoms with Gasteiger partial charge in [0.2, 0.25) is 11.8 Å². The number of aromatic nitrogens is 1. The number of nitrogens with one attached hydrogen (secondary N) is 2. The third-order valence-electron chi connectivity index (χ3n) is 3.74. The highest BCUT2D eigenvalue weighted by molar-refractivity contribution is 7.13. The van der Waals surface area contributed by atoms with E-state index in [-0.39, 0.29) is 30.4 Å². The third-order valence-corrected chi connectivity index (χ3v) is 4.43. The van der Waals surface area contributed by atoms with Crippen molar-refractivity contribution in [3.8, 4) is 0 Å². The van der Waals surface area contributed by atoms with Crippen LogP contribution in [-0.4, -0.2) is 22.6 Å². The van der Waals surface area contributed by atoms with Crippen LogP contribution in [0.1, 0.15) is 28.8 Å². The molecule has 0 radical (unpaired) electrons. The minimum atomic E-state index is -0.336. The van der Waals surface area contributed by atoms with Crippen molar-refractivity contribution in [1.82, 2.24) is 4.98 Å². The molecule has 136 valence electrons. The molecule has 27 heavy (non-hydrogen) atoms. The van der Waals surface area contributed by atoms with Gasteiger partial charge in [-0.15, -0.1) is 11.3 Å². The van der Waals surface area contributed by atoms with Crippen molar-refractivity contribution >= 4 is 39.8 Å². The minimum absolute atomic E-state index is 0.00503. The molecule has 3 aromatic rings. The van der Waals surface area contributed by atoms with E-state index in [4.69, 9.17) is 0 Å². The molecule has 0 fully saturated rings. The van der Waals surface area contributed by atoms with Crippen molar-refractivity contribution in [2.75, 3.05) is 10.6 Å². The van der Waals surface area contributed by atoms with Crippen LogP contribution in [0.4, 0.5) is 10.8 Å². The van der Waals surface area contributed by atoms with Gasteiger partial charge in [-0.2, -0.15) is 0 Å². The zero-order valence-electron chi connectivity index (χ0n) is 14.3. The Bertz CT molecular complexity index is 940. The third kappa shape index (κ3) is 5.08. The van der Waals surface area contributed by atoms with Gasteiger partial charge >= 0.3 is 0 Å². The van der Waals surface area contributed by atoms with Gasteiger partial charge < -0.3 is 10.6 Å². The van der Waals surface area contributed by atoms with E-state index in [2.05, 4.69) is 15.6 Å². The number of carbonyl (C=O) groups is 3. The van der Waals surface area contributed by atoms with Gasteiger partial charge in [0.25, 0.3) is 0 Å². The molecule has 0 aliphatic rings. The van der Waals surface area contributed by atoms with Gasteiger partial charge in [0.05, 0.1) is 5.69 Å². The fourth-order valence-electron chi connectivity index (χ4n) is 2.44. The number of benzene rings is 2. The summed E-state index contributed by atoms with van der Waals surface area (Å²) in [7, 11) is 0. The van der Waals surface area contributed by atoms with Crippen molar-refractivity contribution in [2.24, 2.45) is 0 Å². The van der Waals surface area contributed by atoms with E-state index in [1.807, 2.05) is 6.07 Å². The Balaban J connectivity index is 1.61. The molecule has 0 aliphatic carbocycles. The number of thiazole rings is 1. The van der Waals surface area contributed by atoms with Crippen LogP contribution in [0.2, 0.25) is 0 Å². The molecule has 0 atom stereocenters. The molecule has 2 amide bonds. The lowest BCUT2D eigenvalue weighted by Gasteiger charge is -2.10. The number of carbonyl (C=O) groups excluding carboxylic acids is 3. The molecule has 0 aliphatic heterocycles. The predicted molar refractivity (Wildman–Crippen MR) is 105 cm³/mol. The van der Waals surface area contributed by atoms with Crippen LogP contribution in [0.5, 0.6) is 0 Å². The second kappa shape index (κ2) is 8.86. The molecule has 0 spiro atoms. The normalized spacial score (nSPS) is 10.2. The van der Waals surface area contributed by atoms with Crippen molar-refractivity contribution in [1.29, 1.82) is 0 Å². The molecule has 2 N–H and O–H groups in total. The Morgan fingerprint density at radius 3 is 2.22 bits per heavy atom. The van der Waals surface area contributed by atoms with Crippen LogP contribution < -0.4 is 10.6 Å². The highest BCUT2D eigenvalue weighted by Crippen LogP contribution is 2.20. The molecule has 7 heteroatoms. The lowest BCUT2D eigenvalue weighted by atomic mass is 10.0. The van der Waals surface area contributed by atoms with Gasteiger partial charge in [0, 0.05) is 35.5 Å². The molecule has 1 aromatic heterocycles. The summed E-state index contributed by atoms with van der Waals surface area (Å²) in [5.74, 6) is -0.792. The SMILES string of the molecule is O=C(CCC(=O)Nc1ccccc1C(=O)c1ccccc1)Nc1nccs1. The van der Waals surface area contributed by atoms with Crippen LogP contribution in [0.15, 0.2) is 66.2 Å². The van der Waals surface area contributed by atoms with E-state index < -0.39 is 0 Å². The Hall–Kier alpha value is -3.32. The summed E-state index contributed by atoms with van der Waals surface area (Å²) in [4.78, 5) is 40.7. The number of rotatable bonds is 7. The van der Waals surface area contributed by atoms with E-state index in [0.717, 1.165) is 0 Å². The van der Waals surface area contributed by atoms with Crippen LogP contribution in [0.3, 0.4) is 0 Å². The zero-order valence-corrected chi connectivity index (χ0v) is 15.2. The summed E-state index contributed by atoms with van der Waals surface area (Å²) in [5.41, 5.74) is 1.38. The fraction of sp³-hybridized carbons (Fsp3) is 0.100. The second-order valence-corrected chi connectivity index (χ2v) is 6.57. The number of amides is 2. The van der Waals surface area contributed by atoms with Gasteiger partial charge in [-0.05, 0) is 12.1 Å². The summed E-state index contributed by atoms with van der Waals surface area (Å²) >= 11 is 1.31. The fourth-order valence-corrected chi connectivity index (χ4v) is 2.99. The largest absolute Gasteiger partial charge is 0.325 e. The molecular formula is C20H17N3O3S. The van der Waals surface area contributed by atoms with E-state index in [1.165, 1.54) is 11.3 Å². The van der Waals surface area contributed by atoms with Crippen LogP contribution in [0.25, 0.3) is 0 Å². The van der Waals surface area contributed by atoms with Gasteiger partial charge in [0.15, 0.2) is 10.9 Å². The molecule has 0 unspecified atom stereocenters. The first-order chi connectivity index (χ1) is 13.1. The summed E-state index contributed by atoms with van der Waals surface area (Å²) in [6.45, 7) is 0. The Labute approximate surface area is 160 Å². The molecule has 0 saturated heterocycles. The number of hydrogen-bond donors (Lipinski definition) is 2. The van der Waals surface area contributed by atoms with E-state index in [1.54, 1.807) is 60.1 Å². The minimum Gasteiger partial charge on any atom is -0.325 e. The van der Waals surface area contributed by atoms with Crippen molar-refractivity contribution in [3.05, 3.63) is 77.3 Å². The van der Waals surface area contributed by atoms with Gasteiger partial charge in [-0.1, -0.05) is 42.5 Å². The molecule has 6 nitrogen and oxygen atoms in total. The average Bonchev–Trinajstić information content (AvgIpc) is 3.20. The highest BCUT2D eigenvalue weighted by atomic mass is 32.1. The smallest absolute Gasteiger partial charge is 0.226 e. The molecule has 0 saturated carbocycles. The maximum absolute atomic E-state index is 12.7. The Morgan fingerprint density at radius 2 is 1.52 bits per heavy atom. The highest BCUT2D eigenvalue weighted by Gasteiger charge is 2.15. The molecule has 1 heterocycles. The first-order valence-electron chi connectivity index (χ1n) is 8.31. The number of ketones is 1. The topological polar surface area (TPSA) is 88.2 Å². The zero-order chi connectivity index (χ0) is 19.1. The summed E-state index contributed by atoms with van der Waals surface area (Å²) in [5, 5.41) is 7.60. The predicted octanol–water partition coefficient (Wildman–Crippen LogP) is 3.73. The number of hydrogen-bond acceptors (Lipinski definition) is 5. The van der Waals surface area contributed by atoms with Crippen molar-refractivity contribution in [2.45, 2.75) is 12.8 Å². The van der Waals surface area contributed by atoms with Crippen molar-refractivity contribution < 1.29 is 14.4 Å². The average molecular weight is 379 g/mol. The standard InChI is InChI=1S/C20H17N3O3S/c24-17(10-11-18(25)23-20-21-12-13-27-20)22-16-9-5-4-8-15(16)19(26)14-6-2-1-3-7-14/h1-9,12-13H,10-11H2,(H,22,24)(H,21,23,25). The molecule has 3 rings (SSSR count). The summed E-state index contributed by atoms with van der Waals surface area (Å²) in [6.07, 6.45) is 1.62. The van der Waals surface area contributed by atoms with E-state index in [9.17, 15) is 14.4 Å². The van der Waals surface area contributed by atoms with Crippen LogP contribution in [0, 0.1) is 0 Å². The number of anilines is 2. The summed E-state index contributed by atoms with van der Waals surface area (Å²) in [6, 6.07) is 15.7. The number of para-hydroxylation sites is 1. The quantitative estimate of drug-likeness (QED) is 0.612. The molecular weight excluding hydrogens is 362 g/mol. The van der Waals surface area contributed by atoms with E-state index >= 15 is 0 Å². The maximum atomic E-state index is 12.7. The summed E-state index contributed by atoms with van der Waals surface area (Å²) < 4.78 is 0. The van der Waals surface area contributed by atoms with Gasteiger partial charge in [-0.25, -0.2) is 4.98 Å². The van der Waals surface area contributed by atoms with Gasteiger partial charge in [-0.3, -0.25) is 14.4 Å². The Morgan fingerprint density at radius 1 is 0.852 bits per heavy atom. The van der Waals surface area contributed by atoms with Crippen molar-refractivity contribution in [3.63, 3.8) is 0 Å².